The summed E-state index contributed by atoms with van der Waals surface area (Å²) in [5, 5.41) is 0. The molecule has 0 aromatic carbocycles. The molecule has 0 aliphatic rings. The summed E-state index contributed by atoms with van der Waals surface area (Å²) in [5.74, 6) is 0. The van der Waals surface area contributed by atoms with Crippen LogP contribution in [0.3, 0.4) is 0 Å². The van der Waals surface area contributed by atoms with Crippen molar-refractivity contribution in [2.45, 2.75) is 6.92 Å². The fourth-order valence-electron chi connectivity index (χ4n) is 0.694. The molecule has 0 saturated heterocycles. The molecule has 0 N–H and O–H groups in total. The van der Waals surface area contributed by atoms with Gasteiger partial charge in [0.25, 0.3) is 0 Å². The number of nitrogens with zero attached hydrogens (tertiary/aromatic N) is 1. The van der Waals surface area contributed by atoms with Crippen LogP contribution in [0.15, 0.2) is 24.8 Å². The Morgan fingerprint density at radius 3 is 2.70 bits per heavy atom. The van der Waals surface area contributed by atoms with E-state index in [0.717, 1.165) is 15.9 Å². The van der Waals surface area contributed by atoms with Gasteiger partial charge in [0.05, 0.1) is 5.69 Å². The summed E-state index contributed by atoms with van der Waals surface area (Å²) >= 11 is 3.26. The van der Waals surface area contributed by atoms with E-state index >= 15 is 0 Å². The summed E-state index contributed by atoms with van der Waals surface area (Å²) in [6, 6.07) is 5.84. The number of rotatable bonds is 1. The summed E-state index contributed by atoms with van der Waals surface area (Å²) < 4.78 is 0.830. The zero-order chi connectivity index (χ0) is 7.56. The lowest BCUT2D eigenvalue weighted by molar-refractivity contribution is 1.18. The van der Waals surface area contributed by atoms with Crippen LogP contribution in [0.2, 0.25) is 0 Å². The van der Waals surface area contributed by atoms with Gasteiger partial charge in [0.1, 0.15) is 0 Å². The Labute approximate surface area is 68.9 Å². The lowest BCUT2D eigenvalue weighted by atomic mass is 10.3. The minimum Gasteiger partial charge on any atom is -0.253 e. The van der Waals surface area contributed by atoms with Crippen molar-refractivity contribution in [2.24, 2.45) is 0 Å². The first-order valence-electron chi connectivity index (χ1n) is 2.98. The molecule has 0 saturated carbocycles. The number of aryl methyl sites for hydroxylation is 1. The minimum atomic E-state index is 0.830. The van der Waals surface area contributed by atoms with Gasteiger partial charge in [-0.1, -0.05) is 12.6 Å². The first-order chi connectivity index (χ1) is 4.70. The van der Waals surface area contributed by atoms with Crippen molar-refractivity contribution in [1.29, 1.82) is 0 Å². The maximum atomic E-state index is 4.23. The molecule has 0 aliphatic heterocycles. The van der Waals surface area contributed by atoms with Crippen LogP contribution >= 0.6 is 15.9 Å². The maximum Gasteiger partial charge on any atom is 0.0768 e. The first kappa shape index (κ1) is 7.48. The van der Waals surface area contributed by atoms with Gasteiger partial charge >= 0.3 is 0 Å². The van der Waals surface area contributed by atoms with Crippen LogP contribution in [0.1, 0.15) is 11.4 Å². The molecule has 0 unspecified atom stereocenters. The van der Waals surface area contributed by atoms with E-state index < -0.39 is 0 Å². The van der Waals surface area contributed by atoms with Crippen LogP contribution in [0, 0.1) is 6.92 Å². The molecule has 0 amide bonds. The molecule has 10 heavy (non-hydrogen) atoms. The fraction of sp³-hybridized carbons (Fsp3) is 0.125. The summed E-state index contributed by atoms with van der Waals surface area (Å²) in [4.78, 5) is 4.23. The second-order valence-electron chi connectivity index (χ2n) is 2.07. The third-order valence-electron chi connectivity index (χ3n) is 1.17. The first-order valence-corrected chi connectivity index (χ1v) is 3.78. The monoisotopic (exact) mass is 197 g/mol. The van der Waals surface area contributed by atoms with E-state index in [9.17, 15) is 0 Å². The summed E-state index contributed by atoms with van der Waals surface area (Å²) in [6.45, 7) is 5.68. The van der Waals surface area contributed by atoms with Gasteiger partial charge < -0.3 is 0 Å². The van der Waals surface area contributed by atoms with Crippen LogP contribution < -0.4 is 0 Å². The lowest BCUT2D eigenvalue weighted by Gasteiger charge is -1.96. The van der Waals surface area contributed by atoms with E-state index in [-0.39, 0.29) is 0 Å². The van der Waals surface area contributed by atoms with E-state index in [0.29, 0.717) is 0 Å². The smallest absolute Gasteiger partial charge is 0.0768 e. The Bertz CT molecular complexity index is 255. The quantitative estimate of drug-likeness (QED) is 0.676. The zero-order valence-electron chi connectivity index (χ0n) is 5.76. The summed E-state index contributed by atoms with van der Waals surface area (Å²) in [7, 11) is 0. The largest absolute Gasteiger partial charge is 0.253 e. The normalized spacial score (nSPS) is 9.40. The predicted octanol–water partition coefficient (Wildman–Crippen LogP) is 2.76. The number of hydrogen-bond donors (Lipinski definition) is 0. The maximum absolute atomic E-state index is 4.23. The SMILES string of the molecule is C=C(Br)c1cccc(C)n1. The van der Waals surface area contributed by atoms with Gasteiger partial charge in [-0.25, -0.2) is 0 Å². The molecule has 0 aliphatic carbocycles. The number of hydrogen-bond acceptors (Lipinski definition) is 1. The second-order valence-corrected chi connectivity index (χ2v) is 3.03. The van der Waals surface area contributed by atoms with Crippen molar-refractivity contribution in [3.05, 3.63) is 36.2 Å². The zero-order valence-corrected chi connectivity index (χ0v) is 7.35. The van der Waals surface area contributed by atoms with Gasteiger partial charge in [0.2, 0.25) is 0 Å². The van der Waals surface area contributed by atoms with Gasteiger partial charge in [-0.15, -0.1) is 0 Å². The van der Waals surface area contributed by atoms with Crippen molar-refractivity contribution < 1.29 is 0 Å². The Morgan fingerprint density at radius 2 is 2.30 bits per heavy atom. The lowest BCUT2D eigenvalue weighted by Crippen LogP contribution is -1.84. The molecule has 1 aromatic rings. The average Bonchev–Trinajstić information content (AvgIpc) is 1.88. The fourth-order valence-corrected chi connectivity index (χ4v) is 0.915. The van der Waals surface area contributed by atoms with E-state index in [1.54, 1.807) is 0 Å². The van der Waals surface area contributed by atoms with E-state index in [1.165, 1.54) is 0 Å². The van der Waals surface area contributed by atoms with Crippen molar-refractivity contribution >= 4 is 20.4 Å². The molecule has 0 fully saturated rings. The third-order valence-corrected chi connectivity index (χ3v) is 1.57. The highest BCUT2D eigenvalue weighted by Crippen LogP contribution is 2.15. The summed E-state index contributed by atoms with van der Waals surface area (Å²) in [6.07, 6.45) is 0. The number of halogens is 1. The van der Waals surface area contributed by atoms with Crippen molar-refractivity contribution in [3.63, 3.8) is 0 Å². The highest BCUT2D eigenvalue weighted by atomic mass is 79.9. The van der Waals surface area contributed by atoms with Gasteiger partial charge in [-0.2, -0.15) is 0 Å². The van der Waals surface area contributed by atoms with E-state index in [2.05, 4.69) is 27.5 Å². The van der Waals surface area contributed by atoms with Crippen LogP contribution in [-0.4, -0.2) is 4.98 Å². The molecule has 1 heterocycles. The molecule has 1 aromatic heterocycles. The molecule has 0 atom stereocenters. The van der Waals surface area contributed by atoms with Crippen LogP contribution in [0.5, 0.6) is 0 Å². The van der Waals surface area contributed by atoms with Crippen molar-refractivity contribution in [2.75, 3.05) is 0 Å². The molecule has 0 bridgehead atoms. The van der Waals surface area contributed by atoms with Gasteiger partial charge in [-0.05, 0) is 35.0 Å². The average molecular weight is 198 g/mol. The van der Waals surface area contributed by atoms with Gasteiger partial charge in [0.15, 0.2) is 0 Å². The second kappa shape index (κ2) is 2.97. The third kappa shape index (κ3) is 1.67. The van der Waals surface area contributed by atoms with Gasteiger partial charge in [0, 0.05) is 10.2 Å². The Balaban J connectivity index is 3.07. The molecule has 1 rings (SSSR count). The molecular weight excluding hydrogens is 190 g/mol. The Kier molecular flexibility index (Phi) is 2.22. The van der Waals surface area contributed by atoms with Crippen LogP contribution in [0.25, 0.3) is 4.48 Å². The molecular formula is C8H8BrN. The minimum absolute atomic E-state index is 0.830. The predicted molar refractivity (Wildman–Crippen MR) is 46.9 cm³/mol. The van der Waals surface area contributed by atoms with Crippen LogP contribution in [-0.2, 0) is 0 Å². The molecule has 2 heteroatoms. The topological polar surface area (TPSA) is 12.9 Å². The summed E-state index contributed by atoms with van der Waals surface area (Å²) in [5.41, 5.74) is 1.91. The number of aromatic nitrogens is 1. The Morgan fingerprint density at radius 1 is 1.60 bits per heavy atom. The van der Waals surface area contributed by atoms with E-state index in [1.807, 2.05) is 25.1 Å². The molecule has 52 valence electrons. The highest BCUT2D eigenvalue weighted by Gasteiger charge is 1.93. The number of pyridine rings is 1. The molecule has 0 radical (unpaired) electrons. The van der Waals surface area contributed by atoms with Crippen LogP contribution in [0.4, 0.5) is 0 Å². The van der Waals surface area contributed by atoms with Crippen molar-refractivity contribution in [3.8, 4) is 0 Å². The Hall–Kier alpha value is -0.630. The standard InChI is InChI=1S/C8H8BrN/c1-6-4-3-5-8(10-6)7(2)9/h3-5H,2H2,1H3. The molecule has 1 nitrogen and oxygen atoms in total. The molecule has 0 spiro atoms. The van der Waals surface area contributed by atoms with Crippen molar-refractivity contribution in [1.82, 2.24) is 4.98 Å². The van der Waals surface area contributed by atoms with E-state index in [4.69, 9.17) is 0 Å². The van der Waals surface area contributed by atoms with Gasteiger partial charge in [-0.3, -0.25) is 4.98 Å². The highest BCUT2D eigenvalue weighted by molar-refractivity contribution is 9.15.